The van der Waals surface area contributed by atoms with E-state index in [0.29, 0.717) is 19.6 Å². The average Bonchev–Trinajstić information content (AvgIpc) is 3.06. The van der Waals surface area contributed by atoms with Gasteiger partial charge in [0.1, 0.15) is 4.21 Å². The van der Waals surface area contributed by atoms with Crippen LogP contribution in [0.25, 0.3) is 0 Å². The molecule has 2 heterocycles. The molecular formula is C12H20ClN3O3S2. The number of rotatable bonds is 5. The van der Waals surface area contributed by atoms with Gasteiger partial charge in [-0.1, -0.05) is 13.0 Å². The van der Waals surface area contributed by atoms with Gasteiger partial charge in [0.05, 0.1) is 6.54 Å². The molecule has 1 unspecified atom stereocenters. The Morgan fingerprint density at radius 1 is 1.57 bits per heavy atom. The first-order valence-electron chi connectivity index (χ1n) is 6.37. The second kappa shape index (κ2) is 7.06. The fraction of sp³-hybridized carbons (Fsp3) is 0.583. The van der Waals surface area contributed by atoms with E-state index in [2.05, 4.69) is 4.72 Å². The summed E-state index contributed by atoms with van der Waals surface area (Å²) in [6.45, 7) is 3.57. The molecule has 120 valence electrons. The number of sulfonamides is 1. The fourth-order valence-electron chi connectivity index (χ4n) is 2.16. The van der Waals surface area contributed by atoms with Crippen molar-refractivity contribution in [2.75, 3.05) is 26.2 Å². The van der Waals surface area contributed by atoms with E-state index in [-0.39, 0.29) is 34.5 Å². The number of likely N-dealkylation sites (tertiary alicyclic amines) is 1. The van der Waals surface area contributed by atoms with Crippen LogP contribution in [0.2, 0.25) is 0 Å². The molecule has 0 spiro atoms. The zero-order chi connectivity index (χ0) is 14.8. The molecule has 1 fully saturated rings. The third-order valence-corrected chi connectivity index (χ3v) is 6.38. The van der Waals surface area contributed by atoms with Crippen LogP contribution in [-0.2, 0) is 14.8 Å². The standard InChI is InChI=1S/C12H19N3O3S2.ClH/c1-12(8-13)4-5-15(9-12)10(16)7-14-20(17,18)11-3-2-6-19-11;/h2-3,6,14H,4-5,7-9,13H2,1H3;1H. The van der Waals surface area contributed by atoms with Crippen molar-refractivity contribution in [2.45, 2.75) is 17.6 Å². The van der Waals surface area contributed by atoms with Crippen molar-refractivity contribution in [1.82, 2.24) is 9.62 Å². The Labute approximate surface area is 135 Å². The van der Waals surface area contributed by atoms with Crippen molar-refractivity contribution in [2.24, 2.45) is 11.1 Å². The van der Waals surface area contributed by atoms with Crippen molar-refractivity contribution in [3.63, 3.8) is 0 Å². The van der Waals surface area contributed by atoms with E-state index in [0.717, 1.165) is 17.8 Å². The van der Waals surface area contributed by atoms with Gasteiger partial charge in [-0.25, -0.2) is 13.1 Å². The van der Waals surface area contributed by atoms with Crippen LogP contribution in [0.3, 0.4) is 0 Å². The van der Waals surface area contributed by atoms with Crippen molar-refractivity contribution < 1.29 is 13.2 Å². The molecule has 1 aromatic rings. The molecule has 1 atom stereocenters. The van der Waals surface area contributed by atoms with Crippen LogP contribution in [0.4, 0.5) is 0 Å². The van der Waals surface area contributed by atoms with Crippen LogP contribution in [0.15, 0.2) is 21.7 Å². The number of carbonyl (C=O) groups excluding carboxylic acids is 1. The largest absolute Gasteiger partial charge is 0.341 e. The average molecular weight is 354 g/mol. The van der Waals surface area contributed by atoms with Gasteiger partial charge in [-0.3, -0.25) is 4.79 Å². The highest BCUT2D eigenvalue weighted by Crippen LogP contribution is 2.28. The van der Waals surface area contributed by atoms with Crippen molar-refractivity contribution in [3.05, 3.63) is 17.5 Å². The number of hydrogen-bond donors (Lipinski definition) is 2. The summed E-state index contributed by atoms with van der Waals surface area (Å²) >= 11 is 1.13. The van der Waals surface area contributed by atoms with Crippen LogP contribution in [0.1, 0.15) is 13.3 Å². The first-order chi connectivity index (χ1) is 9.36. The molecule has 9 heteroatoms. The highest BCUT2D eigenvalue weighted by atomic mass is 35.5. The Balaban J connectivity index is 0.00000220. The molecule has 1 aliphatic rings. The summed E-state index contributed by atoms with van der Waals surface area (Å²) in [5, 5.41) is 1.68. The van der Waals surface area contributed by atoms with Crippen LogP contribution >= 0.6 is 23.7 Å². The van der Waals surface area contributed by atoms with E-state index in [9.17, 15) is 13.2 Å². The SMILES string of the molecule is CC1(CN)CCN(C(=O)CNS(=O)(=O)c2cccs2)C1.Cl. The van der Waals surface area contributed by atoms with Gasteiger partial charge in [-0.15, -0.1) is 23.7 Å². The predicted molar refractivity (Wildman–Crippen MR) is 85.1 cm³/mol. The molecule has 1 saturated heterocycles. The second-order valence-electron chi connectivity index (χ2n) is 5.34. The molecule has 6 nitrogen and oxygen atoms in total. The van der Waals surface area contributed by atoms with Gasteiger partial charge in [0.25, 0.3) is 10.0 Å². The van der Waals surface area contributed by atoms with Crippen molar-refractivity contribution in [3.8, 4) is 0 Å². The Morgan fingerprint density at radius 2 is 2.29 bits per heavy atom. The first kappa shape index (κ1) is 18.4. The lowest BCUT2D eigenvalue weighted by atomic mass is 9.90. The molecule has 1 aromatic heterocycles. The van der Waals surface area contributed by atoms with E-state index in [1.807, 2.05) is 6.92 Å². The second-order valence-corrected chi connectivity index (χ2v) is 8.28. The molecular weight excluding hydrogens is 334 g/mol. The van der Waals surface area contributed by atoms with Gasteiger partial charge in [-0.2, -0.15) is 0 Å². The molecule has 0 radical (unpaired) electrons. The molecule has 1 amide bonds. The Kier molecular flexibility index (Phi) is 6.18. The van der Waals surface area contributed by atoms with Gasteiger partial charge >= 0.3 is 0 Å². The van der Waals surface area contributed by atoms with Crippen LogP contribution in [0, 0.1) is 5.41 Å². The minimum absolute atomic E-state index is 0. The molecule has 0 bridgehead atoms. The lowest BCUT2D eigenvalue weighted by molar-refractivity contribution is -0.129. The molecule has 1 aliphatic heterocycles. The smallest absolute Gasteiger partial charge is 0.250 e. The minimum atomic E-state index is -3.58. The number of amides is 1. The Hall–Kier alpha value is -0.670. The zero-order valence-corrected chi connectivity index (χ0v) is 14.2. The van der Waals surface area contributed by atoms with Crippen LogP contribution < -0.4 is 10.5 Å². The fourth-order valence-corrected chi connectivity index (χ4v) is 4.17. The lowest BCUT2D eigenvalue weighted by Crippen LogP contribution is -2.40. The number of hydrogen-bond acceptors (Lipinski definition) is 5. The molecule has 0 aliphatic carbocycles. The van der Waals surface area contributed by atoms with E-state index in [4.69, 9.17) is 5.73 Å². The maximum absolute atomic E-state index is 12.0. The zero-order valence-electron chi connectivity index (χ0n) is 11.7. The summed E-state index contributed by atoms with van der Waals surface area (Å²) in [5.41, 5.74) is 5.64. The lowest BCUT2D eigenvalue weighted by Gasteiger charge is -2.22. The number of carbonyl (C=O) groups is 1. The molecule has 21 heavy (non-hydrogen) atoms. The molecule has 2 rings (SSSR count). The summed E-state index contributed by atoms with van der Waals surface area (Å²) in [7, 11) is -3.58. The Bertz CT molecular complexity index is 577. The number of nitrogens with two attached hydrogens (primary N) is 1. The summed E-state index contributed by atoms with van der Waals surface area (Å²) in [5.74, 6) is -0.206. The third kappa shape index (κ3) is 4.40. The number of thiophene rings is 1. The normalized spacial score (nSPS) is 22.1. The summed E-state index contributed by atoms with van der Waals surface area (Å²) in [6.07, 6.45) is 0.854. The maximum atomic E-state index is 12.0. The van der Waals surface area contributed by atoms with Gasteiger partial charge in [0, 0.05) is 13.1 Å². The van der Waals surface area contributed by atoms with Gasteiger partial charge < -0.3 is 10.6 Å². The van der Waals surface area contributed by atoms with E-state index in [1.165, 1.54) is 6.07 Å². The van der Waals surface area contributed by atoms with Crippen molar-refractivity contribution in [1.29, 1.82) is 0 Å². The quantitative estimate of drug-likeness (QED) is 0.812. The monoisotopic (exact) mass is 353 g/mol. The first-order valence-corrected chi connectivity index (χ1v) is 8.74. The van der Waals surface area contributed by atoms with Crippen LogP contribution in [-0.4, -0.2) is 45.4 Å². The Morgan fingerprint density at radius 3 is 2.81 bits per heavy atom. The highest BCUT2D eigenvalue weighted by molar-refractivity contribution is 7.91. The van der Waals surface area contributed by atoms with Crippen LogP contribution in [0.5, 0.6) is 0 Å². The van der Waals surface area contributed by atoms with Gasteiger partial charge in [-0.05, 0) is 29.8 Å². The summed E-state index contributed by atoms with van der Waals surface area (Å²) in [6, 6.07) is 3.17. The number of nitrogens with zero attached hydrogens (tertiary/aromatic N) is 1. The van der Waals surface area contributed by atoms with E-state index >= 15 is 0 Å². The summed E-state index contributed by atoms with van der Waals surface area (Å²) in [4.78, 5) is 13.7. The molecule has 0 aromatic carbocycles. The maximum Gasteiger partial charge on any atom is 0.250 e. The van der Waals surface area contributed by atoms with E-state index in [1.54, 1.807) is 16.3 Å². The minimum Gasteiger partial charge on any atom is -0.341 e. The van der Waals surface area contributed by atoms with Gasteiger partial charge in [0.15, 0.2) is 0 Å². The molecule has 3 N–H and O–H groups in total. The predicted octanol–water partition coefficient (Wildman–Crippen LogP) is 0.646. The highest BCUT2D eigenvalue weighted by Gasteiger charge is 2.34. The molecule has 0 saturated carbocycles. The number of nitrogens with one attached hydrogen (secondary N) is 1. The summed E-state index contributed by atoms with van der Waals surface area (Å²) < 4.78 is 26.4. The third-order valence-electron chi connectivity index (χ3n) is 3.58. The number of halogens is 1. The topological polar surface area (TPSA) is 92.5 Å². The van der Waals surface area contributed by atoms with Gasteiger partial charge in [0.2, 0.25) is 5.91 Å². The van der Waals surface area contributed by atoms with Crippen molar-refractivity contribution >= 4 is 39.7 Å². The van der Waals surface area contributed by atoms with E-state index < -0.39 is 10.0 Å².